The van der Waals surface area contributed by atoms with Gasteiger partial charge in [0, 0.05) is 37.6 Å². The Hall–Kier alpha value is -3.53. The fourth-order valence-corrected chi connectivity index (χ4v) is 3.40. The van der Waals surface area contributed by atoms with Crippen molar-refractivity contribution >= 4 is 5.78 Å². The molecule has 0 radical (unpaired) electrons. The van der Waals surface area contributed by atoms with Gasteiger partial charge in [0.25, 0.3) is 0 Å². The van der Waals surface area contributed by atoms with Crippen molar-refractivity contribution in [2.75, 3.05) is 0 Å². The number of pyridine rings is 1. The first-order chi connectivity index (χ1) is 14.3. The maximum atomic E-state index is 12.1. The van der Waals surface area contributed by atoms with E-state index in [9.17, 15) is 4.79 Å². The van der Waals surface area contributed by atoms with Gasteiger partial charge in [-0.05, 0) is 59.4 Å². The van der Waals surface area contributed by atoms with Crippen LogP contribution in [0.4, 0.5) is 0 Å². The number of Topliss-reactive ketones (excluding diaryl/α,β-unsaturated/α-hetero) is 1. The standard InChI is InChI=1S/C25H23N3O/c29-25(18-21-5-2-15-26-19-21)6-1-4-20-7-9-22(10-8-20)23-11-13-24(14-12-23)28-17-3-16-27-28/h2-3,5,7-17,19H,1,4,6,18H2. The van der Waals surface area contributed by atoms with Crippen LogP contribution in [0.2, 0.25) is 0 Å². The minimum atomic E-state index is 0.270. The Morgan fingerprint density at radius 1 is 0.828 bits per heavy atom. The monoisotopic (exact) mass is 381 g/mol. The molecule has 2 aromatic heterocycles. The maximum Gasteiger partial charge on any atom is 0.137 e. The summed E-state index contributed by atoms with van der Waals surface area (Å²) in [6, 6.07) is 22.7. The SMILES string of the molecule is O=C(CCCc1ccc(-c2ccc(-n3cccn3)cc2)cc1)Cc1cccnc1. The number of aryl methyl sites for hydroxylation is 1. The molecule has 0 aliphatic heterocycles. The lowest BCUT2D eigenvalue weighted by Gasteiger charge is -2.07. The largest absolute Gasteiger partial charge is 0.299 e. The maximum absolute atomic E-state index is 12.1. The minimum Gasteiger partial charge on any atom is -0.299 e. The Balaban J connectivity index is 1.29. The highest BCUT2D eigenvalue weighted by molar-refractivity contribution is 5.80. The van der Waals surface area contributed by atoms with E-state index < -0.39 is 0 Å². The number of aromatic nitrogens is 3. The lowest BCUT2D eigenvalue weighted by molar-refractivity contribution is -0.118. The van der Waals surface area contributed by atoms with Gasteiger partial charge in [0.05, 0.1) is 5.69 Å². The molecule has 0 fully saturated rings. The van der Waals surface area contributed by atoms with Gasteiger partial charge in [0.1, 0.15) is 5.78 Å². The third-order valence-electron chi connectivity index (χ3n) is 4.97. The molecule has 0 N–H and O–H groups in total. The van der Waals surface area contributed by atoms with Crippen molar-refractivity contribution in [1.82, 2.24) is 14.8 Å². The van der Waals surface area contributed by atoms with Gasteiger partial charge in [0.15, 0.2) is 0 Å². The van der Waals surface area contributed by atoms with Crippen molar-refractivity contribution in [3.05, 3.63) is 103 Å². The van der Waals surface area contributed by atoms with Crippen molar-refractivity contribution in [2.45, 2.75) is 25.7 Å². The summed E-state index contributed by atoms with van der Waals surface area (Å²) in [7, 11) is 0. The van der Waals surface area contributed by atoms with E-state index in [0.717, 1.165) is 24.1 Å². The number of carbonyl (C=O) groups is 1. The molecular weight excluding hydrogens is 358 g/mol. The Labute approximate surface area is 170 Å². The molecule has 0 bridgehead atoms. The van der Waals surface area contributed by atoms with Crippen LogP contribution in [0.25, 0.3) is 16.8 Å². The van der Waals surface area contributed by atoms with E-state index in [2.05, 4.69) is 58.6 Å². The number of rotatable bonds is 8. The summed E-state index contributed by atoms with van der Waals surface area (Å²) in [6.45, 7) is 0. The molecule has 0 saturated heterocycles. The zero-order valence-electron chi connectivity index (χ0n) is 16.2. The number of hydrogen-bond acceptors (Lipinski definition) is 3. The first-order valence-corrected chi connectivity index (χ1v) is 9.88. The highest BCUT2D eigenvalue weighted by atomic mass is 16.1. The van der Waals surface area contributed by atoms with E-state index in [1.807, 2.05) is 29.1 Å². The molecule has 144 valence electrons. The first-order valence-electron chi connectivity index (χ1n) is 9.88. The van der Waals surface area contributed by atoms with Gasteiger partial charge in [-0.2, -0.15) is 5.10 Å². The molecule has 29 heavy (non-hydrogen) atoms. The molecule has 0 saturated carbocycles. The Bertz CT molecular complexity index is 1040. The van der Waals surface area contributed by atoms with Crippen LogP contribution in [0.5, 0.6) is 0 Å². The minimum absolute atomic E-state index is 0.270. The highest BCUT2D eigenvalue weighted by Crippen LogP contribution is 2.22. The van der Waals surface area contributed by atoms with Crippen LogP contribution in [-0.2, 0) is 17.6 Å². The molecule has 2 heterocycles. The molecule has 0 aliphatic carbocycles. The summed E-state index contributed by atoms with van der Waals surface area (Å²) in [6.07, 6.45) is 10.1. The number of carbonyl (C=O) groups excluding carboxylic acids is 1. The number of nitrogens with zero attached hydrogens (tertiary/aromatic N) is 3. The predicted octanol–water partition coefficient (Wildman–Crippen LogP) is 5.07. The van der Waals surface area contributed by atoms with E-state index in [4.69, 9.17) is 0 Å². The zero-order valence-corrected chi connectivity index (χ0v) is 16.2. The molecule has 4 heteroatoms. The average molecular weight is 381 g/mol. The van der Waals surface area contributed by atoms with Gasteiger partial charge in [-0.3, -0.25) is 9.78 Å². The molecule has 0 spiro atoms. The Morgan fingerprint density at radius 3 is 2.24 bits per heavy atom. The first kappa shape index (κ1) is 18.8. The van der Waals surface area contributed by atoms with Crippen LogP contribution < -0.4 is 0 Å². The van der Waals surface area contributed by atoms with Gasteiger partial charge in [-0.15, -0.1) is 0 Å². The number of hydrogen-bond donors (Lipinski definition) is 0. The fourth-order valence-electron chi connectivity index (χ4n) is 3.40. The van der Waals surface area contributed by atoms with E-state index >= 15 is 0 Å². The topological polar surface area (TPSA) is 47.8 Å². The number of benzene rings is 2. The molecular formula is C25H23N3O. The molecule has 0 amide bonds. The second-order valence-electron chi connectivity index (χ2n) is 7.12. The van der Waals surface area contributed by atoms with Gasteiger partial charge in [0.2, 0.25) is 0 Å². The summed E-state index contributed by atoms with van der Waals surface area (Å²) < 4.78 is 1.85. The van der Waals surface area contributed by atoms with Gasteiger partial charge in [-0.25, -0.2) is 4.68 Å². The lowest BCUT2D eigenvalue weighted by atomic mass is 10.00. The third kappa shape index (κ3) is 5.05. The smallest absolute Gasteiger partial charge is 0.137 e. The molecule has 2 aromatic carbocycles. The summed E-state index contributed by atoms with van der Waals surface area (Å²) in [4.78, 5) is 16.2. The van der Waals surface area contributed by atoms with Gasteiger partial charge < -0.3 is 0 Å². The van der Waals surface area contributed by atoms with Crippen molar-refractivity contribution < 1.29 is 4.79 Å². The molecule has 0 aliphatic rings. The highest BCUT2D eigenvalue weighted by Gasteiger charge is 2.05. The number of ketones is 1. The van der Waals surface area contributed by atoms with Crippen molar-refractivity contribution in [3.8, 4) is 16.8 Å². The van der Waals surface area contributed by atoms with Crippen LogP contribution >= 0.6 is 0 Å². The zero-order chi connectivity index (χ0) is 19.9. The molecule has 0 unspecified atom stereocenters. The van der Waals surface area contributed by atoms with Gasteiger partial charge >= 0.3 is 0 Å². The van der Waals surface area contributed by atoms with Gasteiger partial charge in [-0.1, -0.05) is 42.5 Å². The summed E-state index contributed by atoms with van der Waals surface area (Å²) in [5.74, 6) is 0.270. The summed E-state index contributed by atoms with van der Waals surface area (Å²) in [5, 5.41) is 4.25. The van der Waals surface area contributed by atoms with Crippen LogP contribution in [0.15, 0.2) is 91.5 Å². The van der Waals surface area contributed by atoms with E-state index in [-0.39, 0.29) is 5.78 Å². The van der Waals surface area contributed by atoms with E-state index in [1.165, 1.54) is 16.7 Å². The van der Waals surface area contributed by atoms with Crippen LogP contribution in [0, 0.1) is 0 Å². The van der Waals surface area contributed by atoms with Crippen molar-refractivity contribution in [1.29, 1.82) is 0 Å². The predicted molar refractivity (Wildman–Crippen MR) is 115 cm³/mol. The Kier molecular flexibility index (Phi) is 5.91. The second kappa shape index (κ2) is 9.11. The normalized spacial score (nSPS) is 10.8. The fraction of sp³-hybridized carbons (Fsp3) is 0.160. The summed E-state index contributed by atoms with van der Waals surface area (Å²) in [5.41, 5.74) is 5.66. The molecule has 4 aromatic rings. The van der Waals surface area contributed by atoms with Crippen molar-refractivity contribution in [3.63, 3.8) is 0 Å². The van der Waals surface area contributed by atoms with Crippen LogP contribution in [-0.4, -0.2) is 20.5 Å². The summed E-state index contributed by atoms with van der Waals surface area (Å²) >= 11 is 0. The molecule has 4 nitrogen and oxygen atoms in total. The van der Waals surface area contributed by atoms with E-state index in [0.29, 0.717) is 12.8 Å². The van der Waals surface area contributed by atoms with Crippen LogP contribution in [0.3, 0.4) is 0 Å². The van der Waals surface area contributed by atoms with Crippen molar-refractivity contribution in [2.24, 2.45) is 0 Å². The van der Waals surface area contributed by atoms with E-state index in [1.54, 1.807) is 18.6 Å². The Morgan fingerprint density at radius 2 is 1.59 bits per heavy atom. The quantitative estimate of drug-likeness (QED) is 0.428. The molecule has 4 rings (SSSR count). The second-order valence-corrected chi connectivity index (χ2v) is 7.12. The molecule has 0 atom stereocenters. The third-order valence-corrected chi connectivity index (χ3v) is 4.97. The van der Waals surface area contributed by atoms with Crippen LogP contribution in [0.1, 0.15) is 24.0 Å². The average Bonchev–Trinajstić information content (AvgIpc) is 3.30. The lowest BCUT2D eigenvalue weighted by Crippen LogP contribution is -2.03.